The van der Waals surface area contributed by atoms with Gasteiger partial charge in [0.25, 0.3) is 0 Å². The summed E-state index contributed by atoms with van der Waals surface area (Å²) in [6.07, 6.45) is -0.687. The van der Waals surface area contributed by atoms with Crippen molar-refractivity contribution in [2.75, 3.05) is 0 Å². The summed E-state index contributed by atoms with van der Waals surface area (Å²) >= 11 is 1.37. The highest BCUT2D eigenvalue weighted by Crippen LogP contribution is 2.17. The van der Waals surface area contributed by atoms with Gasteiger partial charge >= 0.3 is 18.0 Å². The number of carboxylic acids is 2. The molecule has 0 saturated heterocycles. The molecule has 2 atom stereocenters. The van der Waals surface area contributed by atoms with Crippen molar-refractivity contribution in [1.29, 1.82) is 0 Å². The average Bonchev–Trinajstić information content (AvgIpc) is 2.74. The smallest absolute Gasteiger partial charge is 0.326 e. The Balaban J connectivity index is 2.57. The summed E-state index contributed by atoms with van der Waals surface area (Å²) in [6, 6.07) is -2.62. The van der Waals surface area contributed by atoms with Crippen LogP contribution in [0.5, 0.6) is 0 Å². The zero-order valence-electron chi connectivity index (χ0n) is 10.9. The maximum Gasteiger partial charge on any atom is 0.326 e. The Kier molecular flexibility index (Phi) is 5.44. The van der Waals surface area contributed by atoms with Gasteiger partial charge in [0.05, 0.1) is 12.5 Å². The molecule has 9 heteroatoms. The topological polar surface area (TPSA) is 129 Å². The Bertz CT molecular complexity index is 516. The van der Waals surface area contributed by atoms with Crippen LogP contribution >= 0.6 is 11.3 Å². The lowest BCUT2D eigenvalue weighted by Gasteiger charge is -2.16. The zero-order chi connectivity index (χ0) is 15.3. The minimum atomic E-state index is -1.47. The van der Waals surface area contributed by atoms with E-state index in [4.69, 9.17) is 10.2 Å². The lowest BCUT2D eigenvalue weighted by Crippen LogP contribution is -2.47. The SMILES string of the molecule is Cc1csc(C(C)NC(=O)N[C@H](CC(=O)O)C(=O)O)n1. The molecule has 1 rings (SSSR count). The molecule has 0 aliphatic rings. The molecule has 0 spiro atoms. The summed E-state index contributed by atoms with van der Waals surface area (Å²) in [5.74, 6) is -2.71. The first kappa shape index (κ1) is 15.9. The fourth-order valence-electron chi connectivity index (χ4n) is 1.40. The van der Waals surface area contributed by atoms with Crippen molar-refractivity contribution in [3.05, 3.63) is 16.1 Å². The molecule has 1 aromatic rings. The number of carbonyl (C=O) groups is 3. The van der Waals surface area contributed by atoms with Gasteiger partial charge in [0.1, 0.15) is 11.0 Å². The van der Waals surface area contributed by atoms with Crippen molar-refractivity contribution >= 4 is 29.3 Å². The summed E-state index contributed by atoms with van der Waals surface area (Å²) in [6.45, 7) is 3.52. The summed E-state index contributed by atoms with van der Waals surface area (Å²) in [7, 11) is 0. The molecule has 4 N–H and O–H groups in total. The third-order valence-corrected chi connectivity index (χ3v) is 3.48. The Morgan fingerprint density at radius 3 is 2.45 bits per heavy atom. The number of carbonyl (C=O) groups excluding carboxylic acids is 1. The first-order valence-corrected chi connectivity index (χ1v) is 6.61. The normalized spacial score (nSPS) is 13.3. The van der Waals surface area contributed by atoms with Gasteiger partial charge in [0, 0.05) is 11.1 Å². The van der Waals surface area contributed by atoms with E-state index in [1.54, 1.807) is 6.92 Å². The molecule has 0 aliphatic heterocycles. The number of thiazole rings is 1. The zero-order valence-corrected chi connectivity index (χ0v) is 11.7. The molecule has 2 amide bonds. The number of aryl methyl sites for hydroxylation is 1. The maximum atomic E-state index is 11.6. The molecule has 0 fully saturated rings. The van der Waals surface area contributed by atoms with Crippen LogP contribution < -0.4 is 10.6 Å². The predicted molar refractivity (Wildman–Crippen MR) is 70.6 cm³/mol. The standard InChI is InChI=1S/C11H15N3O5S/c1-5-4-20-9(12-5)6(2)13-11(19)14-7(10(17)18)3-8(15)16/h4,6-7H,3H2,1-2H3,(H,15,16)(H,17,18)(H2,13,14,19)/t6?,7-/m1/s1. The molecule has 0 aliphatic carbocycles. The van der Waals surface area contributed by atoms with Gasteiger partial charge in [-0.1, -0.05) is 0 Å². The quantitative estimate of drug-likeness (QED) is 0.613. The first-order chi connectivity index (χ1) is 9.29. The summed E-state index contributed by atoms with van der Waals surface area (Å²) < 4.78 is 0. The van der Waals surface area contributed by atoms with E-state index in [9.17, 15) is 14.4 Å². The Labute approximate surface area is 118 Å². The largest absolute Gasteiger partial charge is 0.481 e. The third kappa shape index (κ3) is 4.84. The van der Waals surface area contributed by atoms with Crippen molar-refractivity contribution in [2.24, 2.45) is 0 Å². The van der Waals surface area contributed by atoms with Crippen molar-refractivity contribution in [3.8, 4) is 0 Å². The van der Waals surface area contributed by atoms with Gasteiger partial charge in [-0.15, -0.1) is 11.3 Å². The van der Waals surface area contributed by atoms with Gasteiger partial charge in [-0.25, -0.2) is 14.6 Å². The molecule has 1 heterocycles. The van der Waals surface area contributed by atoms with E-state index in [-0.39, 0.29) is 0 Å². The monoisotopic (exact) mass is 301 g/mol. The van der Waals surface area contributed by atoms with Crippen LogP contribution in [0.4, 0.5) is 4.79 Å². The van der Waals surface area contributed by atoms with E-state index in [2.05, 4.69) is 15.6 Å². The van der Waals surface area contributed by atoms with Crippen LogP contribution in [0.15, 0.2) is 5.38 Å². The molecule has 20 heavy (non-hydrogen) atoms. The number of nitrogens with one attached hydrogen (secondary N) is 2. The van der Waals surface area contributed by atoms with Crippen LogP contribution in [0.25, 0.3) is 0 Å². The number of rotatable bonds is 6. The number of carboxylic acid groups (broad SMARTS) is 2. The highest BCUT2D eigenvalue weighted by Gasteiger charge is 2.24. The highest BCUT2D eigenvalue weighted by atomic mass is 32.1. The van der Waals surface area contributed by atoms with Gasteiger partial charge in [0.2, 0.25) is 0 Å². The fraction of sp³-hybridized carbons (Fsp3) is 0.455. The Morgan fingerprint density at radius 2 is 2.00 bits per heavy atom. The van der Waals surface area contributed by atoms with Crippen molar-refractivity contribution in [2.45, 2.75) is 32.4 Å². The number of hydrogen-bond donors (Lipinski definition) is 4. The fourth-order valence-corrected chi connectivity index (χ4v) is 2.21. The van der Waals surface area contributed by atoms with Gasteiger partial charge in [-0.2, -0.15) is 0 Å². The van der Waals surface area contributed by atoms with E-state index in [1.807, 2.05) is 12.3 Å². The molecular weight excluding hydrogens is 286 g/mol. The maximum absolute atomic E-state index is 11.6. The lowest BCUT2D eigenvalue weighted by molar-refractivity contribution is -0.145. The summed E-state index contributed by atoms with van der Waals surface area (Å²) in [5.41, 5.74) is 0.827. The molecule has 1 aromatic heterocycles. The van der Waals surface area contributed by atoms with Crippen LogP contribution in [-0.4, -0.2) is 39.2 Å². The minimum Gasteiger partial charge on any atom is -0.481 e. The van der Waals surface area contributed by atoms with Crippen LogP contribution in [0.3, 0.4) is 0 Å². The number of amides is 2. The molecule has 0 radical (unpaired) electrons. The van der Waals surface area contributed by atoms with Gasteiger partial charge in [-0.05, 0) is 13.8 Å². The van der Waals surface area contributed by atoms with E-state index < -0.39 is 36.5 Å². The second kappa shape index (κ2) is 6.85. The van der Waals surface area contributed by atoms with E-state index in [1.165, 1.54) is 11.3 Å². The molecule has 0 bridgehead atoms. The number of nitrogens with zero attached hydrogens (tertiary/aromatic N) is 1. The number of urea groups is 1. The average molecular weight is 301 g/mol. The molecular formula is C11H15N3O5S. The Hall–Kier alpha value is -2.16. The second-order valence-electron chi connectivity index (χ2n) is 4.16. The summed E-state index contributed by atoms with van der Waals surface area (Å²) in [4.78, 5) is 37.1. The van der Waals surface area contributed by atoms with Gasteiger partial charge < -0.3 is 20.8 Å². The van der Waals surface area contributed by atoms with E-state index >= 15 is 0 Å². The predicted octanol–water partition coefficient (Wildman–Crippen LogP) is 0.740. The van der Waals surface area contributed by atoms with Crippen LogP contribution in [0.2, 0.25) is 0 Å². The number of hydrogen-bond acceptors (Lipinski definition) is 5. The number of aromatic nitrogens is 1. The second-order valence-corrected chi connectivity index (χ2v) is 5.04. The number of aliphatic carboxylic acids is 2. The van der Waals surface area contributed by atoms with Crippen LogP contribution in [0, 0.1) is 6.92 Å². The molecule has 8 nitrogen and oxygen atoms in total. The third-order valence-electron chi connectivity index (χ3n) is 2.34. The molecule has 0 saturated carbocycles. The van der Waals surface area contributed by atoms with Crippen LogP contribution in [0.1, 0.15) is 30.1 Å². The van der Waals surface area contributed by atoms with E-state index in [0.717, 1.165) is 5.69 Å². The lowest BCUT2D eigenvalue weighted by atomic mass is 10.2. The van der Waals surface area contributed by atoms with Crippen molar-refractivity contribution < 1.29 is 24.6 Å². The first-order valence-electron chi connectivity index (χ1n) is 5.73. The molecule has 0 aromatic carbocycles. The minimum absolute atomic E-state index is 0.395. The van der Waals surface area contributed by atoms with Crippen molar-refractivity contribution in [3.63, 3.8) is 0 Å². The molecule has 110 valence electrons. The summed E-state index contributed by atoms with van der Waals surface area (Å²) in [5, 5.41) is 24.5. The van der Waals surface area contributed by atoms with E-state index in [0.29, 0.717) is 5.01 Å². The molecule has 1 unspecified atom stereocenters. The van der Waals surface area contributed by atoms with Gasteiger partial charge in [-0.3, -0.25) is 4.79 Å². The van der Waals surface area contributed by atoms with Crippen molar-refractivity contribution in [1.82, 2.24) is 15.6 Å². The van der Waals surface area contributed by atoms with Crippen LogP contribution in [-0.2, 0) is 9.59 Å². The Morgan fingerprint density at radius 1 is 1.35 bits per heavy atom. The highest BCUT2D eigenvalue weighted by molar-refractivity contribution is 7.09. The van der Waals surface area contributed by atoms with Gasteiger partial charge in [0.15, 0.2) is 0 Å².